The maximum atomic E-state index is 11.0. The number of hydrogen-bond donors (Lipinski definition) is 2. The molecule has 0 fully saturated rings. The molecule has 86 valence electrons. The van der Waals surface area contributed by atoms with Crippen LogP contribution >= 0.6 is 0 Å². The molecule has 0 heterocycles. The van der Waals surface area contributed by atoms with E-state index in [1.54, 1.807) is 6.08 Å². The Hall–Kier alpha value is -1.52. The summed E-state index contributed by atoms with van der Waals surface area (Å²) in [5.41, 5.74) is 0. The van der Waals surface area contributed by atoms with Crippen molar-refractivity contribution >= 4 is 12.0 Å². The second-order valence-electron chi connectivity index (χ2n) is 3.10. The number of amides is 2. The predicted octanol–water partition coefficient (Wildman–Crippen LogP) is 1.07. The Morgan fingerprint density at radius 2 is 2.07 bits per heavy atom. The summed E-state index contributed by atoms with van der Waals surface area (Å²) in [6.45, 7) is 2.18. The first kappa shape index (κ1) is 13.5. The summed E-state index contributed by atoms with van der Waals surface area (Å²) in [7, 11) is 1.48. The molecule has 0 aromatic carbocycles. The summed E-state index contributed by atoms with van der Waals surface area (Å²) in [4.78, 5) is 22.8. The van der Waals surface area contributed by atoms with Crippen molar-refractivity contribution < 1.29 is 14.7 Å². The minimum atomic E-state index is -1.08. The molecule has 0 aromatic heterocycles. The van der Waals surface area contributed by atoms with Gasteiger partial charge >= 0.3 is 6.09 Å². The fourth-order valence-corrected chi connectivity index (χ4v) is 0.949. The Morgan fingerprint density at radius 3 is 2.53 bits per heavy atom. The van der Waals surface area contributed by atoms with Crippen LogP contribution in [-0.2, 0) is 4.79 Å². The number of carboxylic acid groups (broad SMARTS) is 1. The summed E-state index contributed by atoms with van der Waals surface area (Å²) in [6, 6.07) is 0. The van der Waals surface area contributed by atoms with E-state index < -0.39 is 6.09 Å². The summed E-state index contributed by atoms with van der Waals surface area (Å²) >= 11 is 0. The number of likely N-dealkylation sites (N-methyl/N-ethyl adjacent to an activating group) is 1. The Morgan fingerprint density at radius 1 is 1.40 bits per heavy atom. The number of nitrogens with zero attached hydrogens (tertiary/aromatic N) is 1. The van der Waals surface area contributed by atoms with Crippen LogP contribution in [0.1, 0.15) is 19.8 Å². The second kappa shape index (κ2) is 7.84. The third kappa shape index (κ3) is 6.54. The quantitative estimate of drug-likeness (QED) is 0.650. The molecule has 0 aliphatic rings. The maximum absolute atomic E-state index is 11.0. The smallest absolute Gasteiger partial charge is 0.408 e. The van der Waals surface area contributed by atoms with Gasteiger partial charge in [-0.15, -0.1) is 0 Å². The van der Waals surface area contributed by atoms with Crippen LogP contribution in [0.3, 0.4) is 0 Å². The topological polar surface area (TPSA) is 69.6 Å². The summed E-state index contributed by atoms with van der Waals surface area (Å²) in [5.74, 6) is -0.304. The van der Waals surface area contributed by atoms with E-state index in [0.29, 0.717) is 0 Å². The SMILES string of the molecule is CCC/C=C\CN(CC(=O)NC)C(=O)O. The highest BCUT2D eigenvalue weighted by Gasteiger charge is 2.12. The molecule has 0 unspecified atom stereocenters. The van der Waals surface area contributed by atoms with Crippen LogP contribution in [-0.4, -0.2) is 42.1 Å². The molecule has 0 aromatic rings. The molecule has 0 saturated heterocycles. The van der Waals surface area contributed by atoms with Gasteiger partial charge in [0.2, 0.25) is 5.91 Å². The lowest BCUT2D eigenvalue weighted by atomic mass is 10.3. The van der Waals surface area contributed by atoms with Crippen molar-refractivity contribution in [3.8, 4) is 0 Å². The highest BCUT2D eigenvalue weighted by Crippen LogP contribution is 1.93. The van der Waals surface area contributed by atoms with Gasteiger partial charge in [0.1, 0.15) is 6.54 Å². The van der Waals surface area contributed by atoms with Gasteiger partial charge in [0.25, 0.3) is 0 Å². The van der Waals surface area contributed by atoms with Crippen LogP contribution in [0, 0.1) is 0 Å². The zero-order chi connectivity index (χ0) is 11.7. The fourth-order valence-electron chi connectivity index (χ4n) is 0.949. The zero-order valence-corrected chi connectivity index (χ0v) is 9.19. The molecule has 15 heavy (non-hydrogen) atoms. The van der Waals surface area contributed by atoms with Crippen molar-refractivity contribution in [3.05, 3.63) is 12.2 Å². The Bertz CT molecular complexity index is 239. The molecule has 0 radical (unpaired) electrons. The van der Waals surface area contributed by atoms with Gasteiger partial charge in [-0.25, -0.2) is 4.79 Å². The summed E-state index contributed by atoms with van der Waals surface area (Å²) in [5, 5.41) is 11.2. The zero-order valence-electron chi connectivity index (χ0n) is 9.19. The maximum Gasteiger partial charge on any atom is 0.408 e. The molecule has 0 spiro atoms. The van der Waals surface area contributed by atoms with Gasteiger partial charge in [0, 0.05) is 13.6 Å². The van der Waals surface area contributed by atoms with E-state index in [-0.39, 0.29) is 19.0 Å². The molecule has 0 bridgehead atoms. The largest absolute Gasteiger partial charge is 0.465 e. The average molecular weight is 214 g/mol. The number of hydrogen-bond acceptors (Lipinski definition) is 2. The number of carbonyl (C=O) groups excluding carboxylic acids is 1. The second-order valence-corrected chi connectivity index (χ2v) is 3.10. The molecule has 0 rings (SSSR count). The molecule has 2 N–H and O–H groups in total. The van der Waals surface area contributed by atoms with Crippen LogP contribution in [0.15, 0.2) is 12.2 Å². The predicted molar refractivity (Wildman–Crippen MR) is 57.7 cm³/mol. The van der Waals surface area contributed by atoms with Gasteiger partial charge < -0.3 is 10.4 Å². The van der Waals surface area contributed by atoms with Gasteiger partial charge in [0.15, 0.2) is 0 Å². The standard InChI is InChI=1S/C10H18N2O3/c1-3-4-5-6-7-12(10(14)15)8-9(13)11-2/h5-6H,3-4,7-8H2,1-2H3,(H,11,13)(H,14,15)/b6-5-. The first-order valence-corrected chi connectivity index (χ1v) is 4.95. The van der Waals surface area contributed by atoms with E-state index in [1.165, 1.54) is 7.05 Å². The monoisotopic (exact) mass is 214 g/mol. The minimum absolute atomic E-state index is 0.123. The van der Waals surface area contributed by atoms with Gasteiger partial charge in [0.05, 0.1) is 0 Å². The lowest BCUT2D eigenvalue weighted by Gasteiger charge is -2.15. The Labute approximate surface area is 89.8 Å². The van der Waals surface area contributed by atoms with E-state index in [0.717, 1.165) is 17.7 Å². The van der Waals surface area contributed by atoms with Gasteiger partial charge in [-0.3, -0.25) is 9.69 Å². The summed E-state index contributed by atoms with van der Waals surface area (Å²) in [6.07, 6.45) is 4.55. The Balaban J connectivity index is 4.05. The van der Waals surface area contributed by atoms with Gasteiger partial charge in [-0.1, -0.05) is 25.5 Å². The first-order chi connectivity index (χ1) is 7.11. The van der Waals surface area contributed by atoms with E-state index in [1.807, 2.05) is 13.0 Å². The minimum Gasteiger partial charge on any atom is -0.465 e. The summed E-state index contributed by atoms with van der Waals surface area (Å²) < 4.78 is 0. The van der Waals surface area contributed by atoms with Crippen LogP contribution in [0.4, 0.5) is 4.79 Å². The third-order valence-corrected chi connectivity index (χ3v) is 1.83. The van der Waals surface area contributed by atoms with E-state index in [4.69, 9.17) is 5.11 Å². The van der Waals surface area contributed by atoms with Crippen molar-refractivity contribution in [3.63, 3.8) is 0 Å². The van der Waals surface area contributed by atoms with Crippen molar-refractivity contribution in [1.29, 1.82) is 0 Å². The molecule has 0 atom stereocenters. The number of carbonyl (C=O) groups is 2. The van der Waals surface area contributed by atoms with E-state index in [2.05, 4.69) is 5.32 Å². The highest BCUT2D eigenvalue weighted by atomic mass is 16.4. The number of allylic oxidation sites excluding steroid dienone is 1. The van der Waals surface area contributed by atoms with Crippen LogP contribution in [0.25, 0.3) is 0 Å². The van der Waals surface area contributed by atoms with Crippen LogP contribution in [0.5, 0.6) is 0 Å². The van der Waals surface area contributed by atoms with Crippen molar-refractivity contribution in [2.75, 3.05) is 20.1 Å². The van der Waals surface area contributed by atoms with Gasteiger partial charge in [-0.05, 0) is 6.42 Å². The van der Waals surface area contributed by atoms with Crippen molar-refractivity contribution in [1.82, 2.24) is 10.2 Å². The van der Waals surface area contributed by atoms with Crippen LogP contribution < -0.4 is 5.32 Å². The Kier molecular flexibility index (Phi) is 7.05. The molecule has 0 aliphatic heterocycles. The third-order valence-electron chi connectivity index (χ3n) is 1.83. The number of unbranched alkanes of at least 4 members (excludes halogenated alkanes) is 1. The molecular formula is C10H18N2O3. The van der Waals surface area contributed by atoms with Crippen molar-refractivity contribution in [2.24, 2.45) is 0 Å². The molecular weight excluding hydrogens is 196 g/mol. The number of nitrogens with one attached hydrogen (secondary N) is 1. The molecule has 0 aliphatic carbocycles. The van der Waals surface area contributed by atoms with Crippen LogP contribution in [0.2, 0.25) is 0 Å². The molecule has 2 amide bonds. The lowest BCUT2D eigenvalue weighted by molar-refractivity contribution is -0.121. The highest BCUT2D eigenvalue weighted by molar-refractivity contribution is 5.81. The van der Waals surface area contributed by atoms with Crippen molar-refractivity contribution in [2.45, 2.75) is 19.8 Å². The average Bonchev–Trinajstić information content (AvgIpc) is 2.21. The van der Waals surface area contributed by atoms with Gasteiger partial charge in [-0.2, -0.15) is 0 Å². The molecule has 5 heteroatoms. The number of rotatable bonds is 6. The van der Waals surface area contributed by atoms with E-state index in [9.17, 15) is 9.59 Å². The molecule has 5 nitrogen and oxygen atoms in total. The first-order valence-electron chi connectivity index (χ1n) is 4.95. The van der Waals surface area contributed by atoms with E-state index >= 15 is 0 Å². The fraction of sp³-hybridized carbons (Fsp3) is 0.600. The normalized spacial score (nSPS) is 10.3. The lowest BCUT2D eigenvalue weighted by Crippen LogP contribution is -2.38. The molecule has 0 saturated carbocycles.